The van der Waals surface area contributed by atoms with Crippen LogP contribution in [0.25, 0.3) is 0 Å². The lowest BCUT2D eigenvalue weighted by Crippen LogP contribution is -2.37. The van der Waals surface area contributed by atoms with E-state index in [0.29, 0.717) is 17.4 Å². The Morgan fingerprint density at radius 1 is 0.457 bits per heavy atom. The monoisotopic (exact) mass is 1000 g/mol. The summed E-state index contributed by atoms with van der Waals surface area (Å²) in [6.07, 6.45) is 67.9. The maximum atomic E-state index is 12.8. The third-order valence-electron chi connectivity index (χ3n) is 11.9. The van der Waals surface area contributed by atoms with Gasteiger partial charge in [0.1, 0.15) is 19.8 Å². The van der Waals surface area contributed by atoms with Crippen LogP contribution in [0.4, 0.5) is 0 Å². The lowest BCUT2D eigenvalue weighted by Gasteiger charge is -2.24. The number of hydrogen-bond acceptors (Lipinski definition) is 7. The largest absolute Gasteiger partial charge is 0.472 e. The first-order valence-electron chi connectivity index (χ1n) is 28.3. The number of likely N-dealkylation sites (N-methyl/N-ethyl adjacent to an activating group) is 1. The van der Waals surface area contributed by atoms with Crippen molar-refractivity contribution in [3.05, 3.63) is 85.1 Å². The minimum atomic E-state index is -4.39. The van der Waals surface area contributed by atoms with Crippen molar-refractivity contribution in [3.8, 4) is 0 Å². The number of unbranched alkanes of at least 4 members (excludes halogenated alkanes) is 23. The van der Waals surface area contributed by atoms with Crippen LogP contribution in [-0.2, 0) is 32.7 Å². The molecule has 0 amide bonds. The molecule has 0 saturated heterocycles. The molecule has 0 aromatic heterocycles. The first-order chi connectivity index (χ1) is 34.0. The highest BCUT2D eigenvalue weighted by molar-refractivity contribution is 7.47. The molecule has 0 aliphatic rings. The highest BCUT2D eigenvalue weighted by atomic mass is 31.2. The van der Waals surface area contributed by atoms with Crippen molar-refractivity contribution in [2.75, 3.05) is 47.5 Å². The number of quaternary nitrogens is 1. The average molecular weight is 1000 g/mol. The van der Waals surface area contributed by atoms with Gasteiger partial charge in [0.05, 0.1) is 27.7 Å². The number of carbonyl (C=O) groups excluding carboxylic acids is 2. The Balaban J connectivity index is 4.12. The SMILES string of the molecule is CC/C=C\C/C=C\C/C=C\C/C=C\C/C=C\CCCCCCCCCCCCCCCCCC(=O)OC(COC(=O)CCCCCCC/C=C\C/C=C\CCCCC)COP(=O)(O)OCC[N+](C)(C)C. The summed E-state index contributed by atoms with van der Waals surface area (Å²) in [4.78, 5) is 35.6. The summed E-state index contributed by atoms with van der Waals surface area (Å²) in [6.45, 7) is 4.28. The van der Waals surface area contributed by atoms with E-state index in [9.17, 15) is 19.0 Å². The van der Waals surface area contributed by atoms with Gasteiger partial charge in [-0.25, -0.2) is 4.57 Å². The Kier molecular flexibility index (Phi) is 49.1. The van der Waals surface area contributed by atoms with Crippen molar-refractivity contribution in [3.63, 3.8) is 0 Å². The fraction of sp³-hybridized carbons (Fsp3) is 0.733. The molecule has 1 N–H and O–H groups in total. The summed E-state index contributed by atoms with van der Waals surface area (Å²) >= 11 is 0. The predicted molar refractivity (Wildman–Crippen MR) is 298 cm³/mol. The van der Waals surface area contributed by atoms with Crippen LogP contribution in [-0.4, -0.2) is 74.9 Å². The number of esters is 2. The number of allylic oxidation sites excluding steroid dienone is 14. The van der Waals surface area contributed by atoms with Gasteiger partial charge in [-0.15, -0.1) is 0 Å². The maximum absolute atomic E-state index is 12.8. The quantitative estimate of drug-likeness (QED) is 0.0211. The molecule has 0 aliphatic carbocycles. The number of hydrogen-bond donors (Lipinski definition) is 1. The summed E-state index contributed by atoms with van der Waals surface area (Å²) in [5, 5.41) is 0. The number of ether oxygens (including phenoxy) is 2. The van der Waals surface area contributed by atoms with Crippen molar-refractivity contribution in [1.29, 1.82) is 0 Å². The van der Waals surface area contributed by atoms with E-state index in [1.165, 1.54) is 103 Å². The number of rotatable bonds is 51. The predicted octanol–water partition coefficient (Wildman–Crippen LogP) is 17.5. The van der Waals surface area contributed by atoms with Crippen LogP contribution < -0.4 is 0 Å². The van der Waals surface area contributed by atoms with Crippen molar-refractivity contribution >= 4 is 19.8 Å². The topological polar surface area (TPSA) is 108 Å². The lowest BCUT2D eigenvalue weighted by atomic mass is 10.0. The zero-order valence-electron chi connectivity index (χ0n) is 45.7. The molecule has 0 saturated carbocycles. The Labute approximate surface area is 431 Å². The summed E-state index contributed by atoms with van der Waals surface area (Å²) < 4.78 is 34.5. The molecule has 404 valence electrons. The van der Waals surface area contributed by atoms with Crippen molar-refractivity contribution in [2.45, 2.75) is 238 Å². The number of phosphoric ester groups is 1. The maximum Gasteiger partial charge on any atom is 0.472 e. The highest BCUT2D eigenvalue weighted by Gasteiger charge is 2.27. The van der Waals surface area contributed by atoms with Crippen LogP contribution in [0.5, 0.6) is 0 Å². The summed E-state index contributed by atoms with van der Waals surface area (Å²) in [6, 6.07) is 0. The van der Waals surface area contributed by atoms with Crippen LogP contribution >= 0.6 is 7.82 Å². The Hall–Kier alpha value is -2.81. The molecule has 0 bridgehead atoms. The van der Waals surface area contributed by atoms with Gasteiger partial charge in [0.2, 0.25) is 0 Å². The highest BCUT2D eigenvalue weighted by Crippen LogP contribution is 2.43. The zero-order valence-corrected chi connectivity index (χ0v) is 46.6. The number of nitrogens with zero attached hydrogens (tertiary/aromatic N) is 1. The fourth-order valence-electron chi connectivity index (χ4n) is 7.54. The van der Waals surface area contributed by atoms with Gasteiger partial charge in [-0.1, -0.05) is 214 Å². The van der Waals surface area contributed by atoms with E-state index in [0.717, 1.165) is 96.3 Å². The molecular weight excluding hydrogens is 894 g/mol. The molecule has 0 spiro atoms. The van der Waals surface area contributed by atoms with Gasteiger partial charge < -0.3 is 18.9 Å². The van der Waals surface area contributed by atoms with Crippen LogP contribution in [0.15, 0.2) is 85.1 Å². The molecule has 2 atom stereocenters. The van der Waals surface area contributed by atoms with Gasteiger partial charge in [-0.05, 0) is 89.9 Å². The summed E-state index contributed by atoms with van der Waals surface area (Å²) in [5.74, 6) is -0.813. The second kappa shape index (κ2) is 51.1. The molecule has 0 aromatic carbocycles. The van der Waals surface area contributed by atoms with E-state index in [-0.39, 0.29) is 32.0 Å². The van der Waals surface area contributed by atoms with Gasteiger partial charge in [-0.2, -0.15) is 0 Å². The first-order valence-corrected chi connectivity index (χ1v) is 29.8. The van der Waals surface area contributed by atoms with Gasteiger partial charge in [0.25, 0.3) is 0 Å². The van der Waals surface area contributed by atoms with Crippen LogP contribution in [0.3, 0.4) is 0 Å². The van der Waals surface area contributed by atoms with Gasteiger partial charge in [-0.3, -0.25) is 18.6 Å². The van der Waals surface area contributed by atoms with Crippen molar-refractivity contribution in [2.24, 2.45) is 0 Å². The summed E-state index contributed by atoms with van der Waals surface area (Å²) in [5.41, 5.74) is 0. The second-order valence-electron chi connectivity index (χ2n) is 19.9. The van der Waals surface area contributed by atoms with Gasteiger partial charge >= 0.3 is 19.8 Å². The third-order valence-corrected chi connectivity index (χ3v) is 12.9. The molecule has 0 fully saturated rings. The van der Waals surface area contributed by atoms with Gasteiger partial charge in [0.15, 0.2) is 6.10 Å². The molecular formula is C60H107NO8P+. The Morgan fingerprint density at radius 2 is 0.814 bits per heavy atom. The van der Waals surface area contributed by atoms with E-state index in [2.05, 4.69) is 98.9 Å². The number of carbonyl (C=O) groups is 2. The van der Waals surface area contributed by atoms with Gasteiger partial charge in [0, 0.05) is 12.8 Å². The van der Waals surface area contributed by atoms with E-state index in [4.69, 9.17) is 18.5 Å². The smallest absolute Gasteiger partial charge is 0.462 e. The standard InChI is InChI=1S/C60H106NO8P/c1-6-8-10-12-14-16-18-20-22-23-24-25-26-27-28-29-30-31-32-33-34-35-36-37-39-41-43-45-47-49-51-53-60(63)69-58(57-68-70(64,65)67-55-54-61(3,4)5)56-66-59(62)52-50-48-46-44-42-40-38-21-19-17-15-13-11-9-7-2/h8,10,14-17,20-22,24-25,27-28,38,58H,6-7,9,11-13,18-19,23,26,29-37,39-57H2,1-5H3/p+1/b10-8-,16-14-,17-15-,22-20-,25-24-,28-27-,38-21-. The van der Waals surface area contributed by atoms with E-state index in [1.807, 2.05) is 21.1 Å². The van der Waals surface area contributed by atoms with Crippen LogP contribution in [0.2, 0.25) is 0 Å². The van der Waals surface area contributed by atoms with Crippen LogP contribution in [0.1, 0.15) is 232 Å². The molecule has 70 heavy (non-hydrogen) atoms. The lowest BCUT2D eigenvalue weighted by molar-refractivity contribution is -0.870. The zero-order chi connectivity index (χ0) is 51.3. The first kappa shape index (κ1) is 67.2. The van der Waals surface area contributed by atoms with E-state index in [1.54, 1.807) is 0 Å². The second-order valence-corrected chi connectivity index (χ2v) is 21.4. The normalized spacial score (nSPS) is 14.0. The van der Waals surface area contributed by atoms with Crippen LogP contribution in [0, 0.1) is 0 Å². The summed E-state index contributed by atoms with van der Waals surface area (Å²) in [7, 11) is 1.46. The molecule has 0 aliphatic heterocycles. The minimum absolute atomic E-state index is 0.0267. The van der Waals surface area contributed by atoms with Crippen molar-refractivity contribution < 1.29 is 42.1 Å². The molecule has 0 heterocycles. The molecule has 10 heteroatoms. The van der Waals surface area contributed by atoms with E-state index < -0.39 is 26.5 Å². The molecule has 0 radical (unpaired) electrons. The average Bonchev–Trinajstić information content (AvgIpc) is 3.32. The fourth-order valence-corrected chi connectivity index (χ4v) is 8.28. The van der Waals surface area contributed by atoms with E-state index >= 15 is 0 Å². The Morgan fingerprint density at radius 3 is 1.21 bits per heavy atom. The minimum Gasteiger partial charge on any atom is -0.462 e. The molecule has 0 rings (SSSR count). The van der Waals surface area contributed by atoms with Crippen molar-refractivity contribution in [1.82, 2.24) is 0 Å². The number of phosphoric acid groups is 1. The Bertz CT molecular complexity index is 1460. The molecule has 2 unspecified atom stereocenters. The molecule has 0 aromatic rings. The third kappa shape index (κ3) is 54.5. The molecule has 9 nitrogen and oxygen atoms in total.